The molecule has 18 heavy (non-hydrogen) atoms. The molecule has 0 radical (unpaired) electrons. The van der Waals surface area contributed by atoms with Crippen LogP contribution in [0.25, 0.3) is 0 Å². The highest BCUT2D eigenvalue weighted by atomic mass is 79.9. The molecule has 1 heterocycles. The summed E-state index contributed by atoms with van der Waals surface area (Å²) in [4.78, 5) is 14.3. The highest BCUT2D eigenvalue weighted by Gasteiger charge is 2.29. The van der Waals surface area contributed by atoms with E-state index >= 15 is 0 Å². The number of halogens is 1. The smallest absolute Gasteiger partial charge is 0.253 e. The second-order valence-electron chi connectivity index (χ2n) is 4.80. The highest BCUT2D eigenvalue weighted by molar-refractivity contribution is 9.10. The van der Waals surface area contributed by atoms with E-state index in [1.807, 2.05) is 29.2 Å². The molecule has 0 aromatic heterocycles. The van der Waals surface area contributed by atoms with Crippen molar-refractivity contribution in [3.63, 3.8) is 0 Å². The van der Waals surface area contributed by atoms with Crippen molar-refractivity contribution in [3.05, 3.63) is 34.3 Å². The van der Waals surface area contributed by atoms with E-state index in [1.54, 1.807) is 7.11 Å². The SMILES string of the molecule is COC1CN(C(=O)c2cccc(Br)c2)CCC1C. The minimum atomic E-state index is 0.0882. The van der Waals surface area contributed by atoms with Crippen LogP contribution in [0.1, 0.15) is 23.7 Å². The summed E-state index contributed by atoms with van der Waals surface area (Å²) < 4.78 is 6.37. The molecule has 1 saturated heterocycles. The molecule has 2 atom stereocenters. The van der Waals surface area contributed by atoms with Crippen LogP contribution in [0.3, 0.4) is 0 Å². The first-order valence-electron chi connectivity index (χ1n) is 6.19. The van der Waals surface area contributed by atoms with Gasteiger partial charge >= 0.3 is 0 Å². The summed E-state index contributed by atoms with van der Waals surface area (Å²) in [6.07, 6.45) is 1.15. The number of likely N-dealkylation sites (tertiary alicyclic amines) is 1. The van der Waals surface area contributed by atoms with Gasteiger partial charge < -0.3 is 9.64 Å². The Balaban J connectivity index is 2.10. The fourth-order valence-corrected chi connectivity index (χ4v) is 2.73. The lowest BCUT2D eigenvalue weighted by molar-refractivity contribution is -0.00156. The van der Waals surface area contributed by atoms with Crippen molar-refractivity contribution < 1.29 is 9.53 Å². The lowest BCUT2D eigenvalue weighted by Gasteiger charge is -2.36. The maximum absolute atomic E-state index is 12.4. The maximum atomic E-state index is 12.4. The van der Waals surface area contributed by atoms with Gasteiger partial charge in [-0.15, -0.1) is 0 Å². The van der Waals surface area contributed by atoms with Gasteiger partial charge in [-0.2, -0.15) is 0 Å². The summed E-state index contributed by atoms with van der Waals surface area (Å²) in [5.41, 5.74) is 0.730. The van der Waals surface area contributed by atoms with Crippen molar-refractivity contribution in [2.24, 2.45) is 5.92 Å². The maximum Gasteiger partial charge on any atom is 0.253 e. The number of benzene rings is 1. The Bertz CT molecular complexity index is 436. The number of nitrogens with zero attached hydrogens (tertiary/aromatic N) is 1. The lowest BCUT2D eigenvalue weighted by atomic mass is 9.95. The number of amides is 1. The molecule has 0 saturated carbocycles. The van der Waals surface area contributed by atoms with E-state index in [0.29, 0.717) is 12.5 Å². The Morgan fingerprint density at radius 1 is 1.50 bits per heavy atom. The quantitative estimate of drug-likeness (QED) is 0.840. The Hall–Kier alpha value is -0.870. The molecule has 98 valence electrons. The fraction of sp³-hybridized carbons (Fsp3) is 0.500. The molecular weight excluding hydrogens is 294 g/mol. The largest absolute Gasteiger partial charge is 0.379 e. The van der Waals surface area contributed by atoms with Gasteiger partial charge in [-0.05, 0) is 30.5 Å². The lowest BCUT2D eigenvalue weighted by Crippen LogP contribution is -2.46. The van der Waals surface area contributed by atoms with Crippen LogP contribution in [0.5, 0.6) is 0 Å². The van der Waals surface area contributed by atoms with E-state index in [0.717, 1.165) is 23.0 Å². The predicted octanol–water partition coefficient (Wildman–Crippen LogP) is 2.95. The van der Waals surface area contributed by atoms with Crippen LogP contribution in [0, 0.1) is 5.92 Å². The summed E-state index contributed by atoms with van der Waals surface area (Å²) >= 11 is 3.39. The third-order valence-electron chi connectivity index (χ3n) is 3.55. The fourth-order valence-electron chi connectivity index (χ4n) is 2.33. The average Bonchev–Trinajstić information content (AvgIpc) is 2.38. The Labute approximate surface area is 116 Å². The topological polar surface area (TPSA) is 29.5 Å². The van der Waals surface area contributed by atoms with Crippen molar-refractivity contribution in [2.75, 3.05) is 20.2 Å². The van der Waals surface area contributed by atoms with Crippen molar-refractivity contribution in [2.45, 2.75) is 19.4 Å². The summed E-state index contributed by atoms with van der Waals surface area (Å²) in [6, 6.07) is 7.53. The number of hydrogen-bond acceptors (Lipinski definition) is 2. The summed E-state index contributed by atoms with van der Waals surface area (Å²) in [5, 5.41) is 0. The molecule has 2 rings (SSSR count). The van der Waals surface area contributed by atoms with Crippen LogP contribution >= 0.6 is 15.9 Å². The first kappa shape index (κ1) is 13.6. The highest BCUT2D eigenvalue weighted by Crippen LogP contribution is 2.22. The third-order valence-corrected chi connectivity index (χ3v) is 4.04. The molecule has 0 spiro atoms. The van der Waals surface area contributed by atoms with Gasteiger partial charge in [0.15, 0.2) is 0 Å². The van der Waals surface area contributed by atoms with E-state index in [9.17, 15) is 4.79 Å². The van der Waals surface area contributed by atoms with Gasteiger partial charge in [0.25, 0.3) is 5.91 Å². The van der Waals surface area contributed by atoms with Crippen LogP contribution in [0.4, 0.5) is 0 Å². The Kier molecular flexibility index (Phi) is 4.40. The van der Waals surface area contributed by atoms with E-state index in [4.69, 9.17) is 4.74 Å². The zero-order chi connectivity index (χ0) is 13.1. The van der Waals surface area contributed by atoms with Gasteiger partial charge in [0.2, 0.25) is 0 Å². The van der Waals surface area contributed by atoms with E-state index in [2.05, 4.69) is 22.9 Å². The number of carbonyl (C=O) groups excluding carboxylic acids is 1. The van der Waals surface area contributed by atoms with Crippen LogP contribution < -0.4 is 0 Å². The second-order valence-corrected chi connectivity index (χ2v) is 5.72. The molecule has 1 aliphatic rings. The van der Waals surface area contributed by atoms with Gasteiger partial charge in [-0.25, -0.2) is 0 Å². The monoisotopic (exact) mass is 311 g/mol. The first-order valence-corrected chi connectivity index (χ1v) is 6.98. The van der Waals surface area contributed by atoms with E-state index < -0.39 is 0 Å². The average molecular weight is 312 g/mol. The van der Waals surface area contributed by atoms with Crippen molar-refractivity contribution >= 4 is 21.8 Å². The minimum absolute atomic E-state index is 0.0882. The van der Waals surface area contributed by atoms with Crippen molar-refractivity contribution in [1.82, 2.24) is 4.90 Å². The van der Waals surface area contributed by atoms with Gasteiger partial charge in [0.1, 0.15) is 0 Å². The van der Waals surface area contributed by atoms with Crippen LogP contribution in [0.2, 0.25) is 0 Å². The molecule has 1 fully saturated rings. The van der Waals surface area contributed by atoms with Crippen LogP contribution in [-0.4, -0.2) is 37.1 Å². The van der Waals surface area contributed by atoms with Crippen LogP contribution in [-0.2, 0) is 4.74 Å². The number of rotatable bonds is 2. The zero-order valence-corrected chi connectivity index (χ0v) is 12.3. The summed E-state index contributed by atoms with van der Waals surface area (Å²) in [5.74, 6) is 0.604. The summed E-state index contributed by atoms with van der Waals surface area (Å²) in [7, 11) is 1.72. The number of ether oxygens (including phenoxy) is 1. The molecule has 1 aromatic carbocycles. The minimum Gasteiger partial charge on any atom is -0.379 e. The molecular formula is C14H18BrNO2. The normalized spacial score (nSPS) is 24.1. The predicted molar refractivity (Wildman–Crippen MR) is 74.6 cm³/mol. The number of methoxy groups -OCH3 is 1. The standard InChI is InChI=1S/C14H18BrNO2/c1-10-6-7-16(9-13(10)18-2)14(17)11-4-3-5-12(15)8-11/h3-5,8,10,13H,6-7,9H2,1-2H3. The van der Waals surface area contributed by atoms with E-state index in [1.165, 1.54) is 0 Å². The Morgan fingerprint density at radius 2 is 2.28 bits per heavy atom. The number of hydrogen-bond donors (Lipinski definition) is 0. The zero-order valence-electron chi connectivity index (χ0n) is 10.7. The number of carbonyl (C=O) groups is 1. The molecule has 4 heteroatoms. The molecule has 0 aliphatic carbocycles. The molecule has 1 amide bonds. The van der Waals surface area contributed by atoms with Crippen molar-refractivity contribution in [1.29, 1.82) is 0 Å². The van der Waals surface area contributed by atoms with Gasteiger partial charge in [-0.1, -0.05) is 28.9 Å². The van der Waals surface area contributed by atoms with Crippen molar-refractivity contribution in [3.8, 4) is 0 Å². The Morgan fingerprint density at radius 3 is 2.94 bits per heavy atom. The molecule has 2 unspecified atom stereocenters. The number of piperidine rings is 1. The first-order chi connectivity index (χ1) is 8.61. The molecule has 0 N–H and O–H groups in total. The second kappa shape index (κ2) is 5.85. The van der Waals surface area contributed by atoms with Gasteiger partial charge in [0, 0.05) is 30.2 Å². The molecule has 3 nitrogen and oxygen atoms in total. The van der Waals surface area contributed by atoms with E-state index in [-0.39, 0.29) is 12.0 Å². The molecule has 1 aliphatic heterocycles. The van der Waals surface area contributed by atoms with Gasteiger partial charge in [0.05, 0.1) is 6.10 Å². The molecule has 0 bridgehead atoms. The summed E-state index contributed by atoms with van der Waals surface area (Å²) in [6.45, 7) is 3.67. The van der Waals surface area contributed by atoms with Gasteiger partial charge in [-0.3, -0.25) is 4.79 Å². The molecule has 1 aromatic rings. The van der Waals surface area contributed by atoms with Crippen LogP contribution in [0.15, 0.2) is 28.7 Å². The third kappa shape index (κ3) is 2.93.